The van der Waals surface area contributed by atoms with Crippen LogP contribution in [0.4, 0.5) is 11.6 Å². The summed E-state index contributed by atoms with van der Waals surface area (Å²) in [5.41, 5.74) is 0.0445. The van der Waals surface area contributed by atoms with Gasteiger partial charge in [0.2, 0.25) is 5.91 Å². The lowest BCUT2D eigenvalue weighted by Gasteiger charge is -2.36. The van der Waals surface area contributed by atoms with E-state index in [1.165, 1.54) is 25.7 Å². The van der Waals surface area contributed by atoms with Crippen LogP contribution in [0, 0.1) is 5.41 Å². The molecule has 6 heteroatoms. The Hall–Kier alpha value is -1.85. The monoisotopic (exact) mass is 359 g/mol. The SMILES string of the molecule is CC(C)(C)CC(=O)N1CCN(c2ccc(N3CCCCCC3)nn2)CC1. The van der Waals surface area contributed by atoms with E-state index in [0.29, 0.717) is 6.42 Å². The quantitative estimate of drug-likeness (QED) is 0.830. The van der Waals surface area contributed by atoms with Gasteiger partial charge in [-0.15, -0.1) is 10.2 Å². The van der Waals surface area contributed by atoms with Gasteiger partial charge < -0.3 is 14.7 Å². The highest BCUT2D eigenvalue weighted by atomic mass is 16.2. The number of hydrogen-bond acceptors (Lipinski definition) is 5. The van der Waals surface area contributed by atoms with Gasteiger partial charge >= 0.3 is 0 Å². The number of nitrogens with zero attached hydrogens (tertiary/aromatic N) is 5. The van der Waals surface area contributed by atoms with Crippen LogP contribution < -0.4 is 9.80 Å². The Labute approximate surface area is 157 Å². The van der Waals surface area contributed by atoms with Crippen molar-refractivity contribution in [2.75, 3.05) is 49.1 Å². The Morgan fingerprint density at radius 2 is 1.35 bits per heavy atom. The topological polar surface area (TPSA) is 52.6 Å². The van der Waals surface area contributed by atoms with E-state index in [1.807, 2.05) is 4.90 Å². The number of hydrogen-bond donors (Lipinski definition) is 0. The molecule has 0 aromatic carbocycles. The van der Waals surface area contributed by atoms with E-state index in [1.54, 1.807) is 0 Å². The van der Waals surface area contributed by atoms with Gasteiger partial charge in [-0.25, -0.2) is 0 Å². The fourth-order valence-corrected chi connectivity index (χ4v) is 3.71. The summed E-state index contributed by atoms with van der Waals surface area (Å²) in [6, 6.07) is 4.19. The average Bonchev–Trinajstić information content (AvgIpc) is 2.90. The summed E-state index contributed by atoms with van der Waals surface area (Å²) < 4.78 is 0. The maximum atomic E-state index is 12.4. The van der Waals surface area contributed by atoms with Gasteiger partial charge in [-0.3, -0.25) is 4.79 Å². The number of anilines is 2. The summed E-state index contributed by atoms with van der Waals surface area (Å²) in [7, 11) is 0. The van der Waals surface area contributed by atoms with Gasteiger partial charge in [0.25, 0.3) is 0 Å². The summed E-state index contributed by atoms with van der Waals surface area (Å²) in [4.78, 5) is 19.0. The van der Waals surface area contributed by atoms with Crippen molar-refractivity contribution in [2.45, 2.75) is 52.9 Å². The van der Waals surface area contributed by atoms with Crippen molar-refractivity contribution in [3.05, 3.63) is 12.1 Å². The summed E-state index contributed by atoms with van der Waals surface area (Å²) in [5, 5.41) is 8.94. The zero-order valence-electron chi connectivity index (χ0n) is 16.6. The Bertz CT molecular complexity index is 579. The largest absolute Gasteiger partial charge is 0.355 e. The molecule has 0 aliphatic carbocycles. The zero-order chi connectivity index (χ0) is 18.6. The van der Waals surface area contributed by atoms with Gasteiger partial charge in [-0.2, -0.15) is 0 Å². The second-order valence-electron chi connectivity index (χ2n) is 8.76. The number of amides is 1. The molecule has 0 bridgehead atoms. The number of piperazine rings is 1. The average molecular weight is 360 g/mol. The van der Waals surface area contributed by atoms with Crippen LogP contribution in [0.1, 0.15) is 52.9 Å². The fourth-order valence-electron chi connectivity index (χ4n) is 3.71. The van der Waals surface area contributed by atoms with Crippen LogP contribution in [-0.4, -0.2) is 60.3 Å². The predicted molar refractivity (Wildman–Crippen MR) is 106 cm³/mol. The van der Waals surface area contributed by atoms with Crippen LogP contribution in [0.15, 0.2) is 12.1 Å². The number of rotatable bonds is 3. The number of carbonyl (C=O) groups excluding carboxylic acids is 1. The number of aromatic nitrogens is 2. The summed E-state index contributed by atoms with van der Waals surface area (Å²) in [5.74, 6) is 2.18. The van der Waals surface area contributed by atoms with Gasteiger partial charge in [-0.1, -0.05) is 33.6 Å². The van der Waals surface area contributed by atoms with E-state index in [9.17, 15) is 4.79 Å². The van der Waals surface area contributed by atoms with Crippen LogP contribution in [0.2, 0.25) is 0 Å². The molecule has 0 unspecified atom stereocenters. The second-order valence-corrected chi connectivity index (χ2v) is 8.76. The normalized spacial score (nSPS) is 19.4. The van der Waals surface area contributed by atoms with Crippen LogP contribution in [-0.2, 0) is 4.79 Å². The first-order chi connectivity index (χ1) is 12.4. The van der Waals surface area contributed by atoms with E-state index in [-0.39, 0.29) is 11.3 Å². The molecule has 2 saturated heterocycles. The van der Waals surface area contributed by atoms with Crippen molar-refractivity contribution in [1.82, 2.24) is 15.1 Å². The van der Waals surface area contributed by atoms with E-state index >= 15 is 0 Å². The number of carbonyl (C=O) groups is 1. The van der Waals surface area contributed by atoms with Crippen LogP contribution >= 0.6 is 0 Å². The molecule has 2 aliphatic rings. The Kier molecular flexibility index (Phi) is 5.99. The summed E-state index contributed by atoms with van der Waals surface area (Å²) in [6.45, 7) is 11.7. The molecule has 0 N–H and O–H groups in total. The van der Waals surface area contributed by atoms with Crippen molar-refractivity contribution >= 4 is 17.5 Å². The molecule has 3 heterocycles. The highest BCUT2D eigenvalue weighted by Gasteiger charge is 2.25. The summed E-state index contributed by atoms with van der Waals surface area (Å²) >= 11 is 0. The fraction of sp³-hybridized carbons (Fsp3) is 0.750. The first-order valence-corrected chi connectivity index (χ1v) is 10.0. The molecule has 1 aromatic rings. The van der Waals surface area contributed by atoms with E-state index in [0.717, 1.165) is 50.9 Å². The molecule has 1 aromatic heterocycles. The molecule has 144 valence electrons. The molecule has 3 rings (SSSR count). The minimum Gasteiger partial charge on any atom is -0.355 e. The third-order valence-electron chi connectivity index (χ3n) is 5.20. The maximum absolute atomic E-state index is 12.4. The minimum atomic E-state index is 0.0445. The van der Waals surface area contributed by atoms with E-state index < -0.39 is 0 Å². The smallest absolute Gasteiger partial charge is 0.223 e. The Morgan fingerprint density at radius 3 is 1.81 bits per heavy atom. The van der Waals surface area contributed by atoms with Crippen molar-refractivity contribution < 1.29 is 4.79 Å². The van der Waals surface area contributed by atoms with E-state index in [4.69, 9.17) is 0 Å². The lowest BCUT2D eigenvalue weighted by molar-refractivity contribution is -0.133. The molecule has 1 amide bonds. The van der Waals surface area contributed by atoms with Gasteiger partial charge in [0.05, 0.1) is 0 Å². The molecule has 0 radical (unpaired) electrons. The van der Waals surface area contributed by atoms with Gasteiger partial charge in [0, 0.05) is 45.7 Å². The van der Waals surface area contributed by atoms with Crippen LogP contribution in [0.25, 0.3) is 0 Å². The van der Waals surface area contributed by atoms with E-state index in [2.05, 4.69) is 52.9 Å². The van der Waals surface area contributed by atoms with Crippen molar-refractivity contribution in [3.63, 3.8) is 0 Å². The van der Waals surface area contributed by atoms with Crippen molar-refractivity contribution in [3.8, 4) is 0 Å². The Balaban J connectivity index is 1.53. The lowest BCUT2D eigenvalue weighted by atomic mass is 9.91. The first kappa shape index (κ1) is 18.9. The predicted octanol–water partition coefficient (Wildman–Crippen LogP) is 2.94. The Morgan fingerprint density at radius 1 is 0.846 bits per heavy atom. The zero-order valence-corrected chi connectivity index (χ0v) is 16.6. The van der Waals surface area contributed by atoms with Gasteiger partial charge in [0.15, 0.2) is 11.6 Å². The standard InChI is InChI=1S/C20H33N5O/c1-20(2,3)16-19(26)25-14-12-24(13-15-25)18-9-8-17(21-22-18)23-10-6-4-5-7-11-23/h8-9H,4-7,10-16H2,1-3H3. The highest BCUT2D eigenvalue weighted by Crippen LogP contribution is 2.22. The molecular formula is C20H33N5O. The van der Waals surface area contributed by atoms with Gasteiger partial charge in [0.1, 0.15) is 0 Å². The van der Waals surface area contributed by atoms with Crippen LogP contribution in [0.5, 0.6) is 0 Å². The van der Waals surface area contributed by atoms with Crippen LogP contribution in [0.3, 0.4) is 0 Å². The molecule has 0 spiro atoms. The molecule has 2 fully saturated rings. The molecule has 26 heavy (non-hydrogen) atoms. The molecule has 0 saturated carbocycles. The van der Waals surface area contributed by atoms with Gasteiger partial charge in [-0.05, 0) is 30.4 Å². The second kappa shape index (κ2) is 8.23. The highest BCUT2D eigenvalue weighted by molar-refractivity contribution is 5.77. The summed E-state index contributed by atoms with van der Waals surface area (Å²) in [6.07, 6.45) is 5.74. The lowest BCUT2D eigenvalue weighted by Crippen LogP contribution is -2.49. The molecule has 0 atom stereocenters. The van der Waals surface area contributed by atoms with Crippen molar-refractivity contribution in [1.29, 1.82) is 0 Å². The third kappa shape index (κ3) is 5.08. The molecular weight excluding hydrogens is 326 g/mol. The maximum Gasteiger partial charge on any atom is 0.223 e. The third-order valence-corrected chi connectivity index (χ3v) is 5.20. The van der Waals surface area contributed by atoms with Crippen molar-refractivity contribution in [2.24, 2.45) is 5.41 Å². The minimum absolute atomic E-state index is 0.0445. The molecule has 2 aliphatic heterocycles. The molecule has 6 nitrogen and oxygen atoms in total. The first-order valence-electron chi connectivity index (χ1n) is 10.0.